The third kappa shape index (κ3) is 2.36. The van der Waals surface area contributed by atoms with Gasteiger partial charge in [-0.05, 0) is 31.2 Å². The van der Waals surface area contributed by atoms with Gasteiger partial charge in [0.25, 0.3) is 0 Å². The molecule has 18 heavy (non-hydrogen) atoms. The smallest absolute Gasteiger partial charge is 0.130 e. The molecule has 2 aromatic carbocycles. The highest BCUT2D eigenvalue weighted by Crippen LogP contribution is 2.31. The van der Waals surface area contributed by atoms with Crippen LogP contribution in [0.15, 0.2) is 48.5 Å². The molecule has 0 unspecified atom stereocenters. The molecule has 2 N–H and O–H groups in total. The highest BCUT2D eigenvalue weighted by molar-refractivity contribution is 5.66. The van der Waals surface area contributed by atoms with Crippen molar-refractivity contribution in [1.29, 1.82) is 0 Å². The molecular weight excluding hydrogens is 227 g/mol. The quantitative estimate of drug-likeness (QED) is 0.893. The van der Waals surface area contributed by atoms with E-state index in [9.17, 15) is 4.39 Å². The summed E-state index contributed by atoms with van der Waals surface area (Å²) in [4.78, 5) is 1.95. The molecule has 0 saturated heterocycles. The van der Waals surface area contributed by atoms with E-state index in [4.69, 9.17) is 5.73 Å². The van der Waals surface area contributed by atoms with Gasteiger partial charge < -0.3 is 10.6 Å². The van der Waals surface area contributed by atoms with Crippen LogP contribution in [0.25, 0.3) is 0 Å². The van der Waals surface area contributed by atoms with Crippen LogP contribution in [-0.4, -0.2) is 7.05 Å². The lowest BCUT2D eigenvalue weighted by Crippen LogP contribution is -2.17. The van der Waals surface area contributed by atoms with Gasteiger partial charge in [0.1, 0.15) is 5.82 Å². The van der Waals surface area contributed by atoms with Gasteiger partial charge in [-0.1, -0.05) is 24.3 Å². The topological polar surface area (TPSA) is 29.3 Å². The molecule has 0 saturated carbocycles. The molecule has 0 heterocycles. The molecule has 0 aliphatic carbocycles. The summed E-state index contributed by atoms with van der Waals surface area (Å²) in [5.41, 5.74) is 8.22. The van der Waals surface area contributed by atoms with E-state index >= 15 is 0 Å². The number of rotatable bonds is 3. The van der Waals surface area contributed by atoms with Crippen LogP contribution in [0.2, 0.25) is 0 Å². The fraction of sp³-hybridized carbons (Fsp3) is 0.200. The van der Waals surface area contributed by atoms with Crippen molar-refractivity contribution in [3.8, 4) is 0 Å². The number of halogens is 1. The fourth-order valence-corrected chi connectivity index (χ4v) is 2.06. The van der Waals surface area contributed by atoms with E-state index in [-0.39, 0.29) is 11.9 Å². The van der Waals surface area contributed by atoms with Gasteiger partial charge in [-0.25, -0.2) is 4.39 Å². The average molecular weight is 244 g/mol. The van der Waals surface area contributed by atoms with Crippen LogP contribution in [0.5, 0.6) is 0 Å². The van der Waals surface area contributed by atoms with Crippen molar-refractivity contribution in [2.45, 2.75) is 13.0 Å². The third-order valence-electron chi connectivity index (χ3n) is 2.99. The van der Waals surface area contributed by atoms with Crippen LogP contribution in [0.1, 0.15) is 18.5 Å². The van der Waals surface area contributed by atoms with Gasteiger partial charge in [-0.3, -0.25) is 0 Å². The number of nitrogens with two attached hydrogens (primary N) is 1. The normalized spacial score (nSPS) is 12.2. The van der Waals surface area contributed by atoms with Gasteiger partial charge in [-0.15, -0.1) is 0 Å². The first-order chi connectivity index (χ1) is 8.61. The maximum atomic E-state index is 13.9. The monoisotopic (exact) mass is 244 g/mol. The molecular formula is C15H17FN2. The average Bonchev–Trinajstić information content (AvgIpc) is 2.38. The summed E-state index contributed by atoms with van der Waals surface area (Å²) >= 11 is 0. The van der Waals surface area contributed by atoms with E-state index in [0.717, 1.165) is 11.4 Å². The number of para-hydroxylation sites is 1. The number of anilines is 2. The lowest BCUT2D eigenvalue weighted by molar-refractivity contribution is 0.594. The Bertz CT molecular complexity index is 523. The molecule has 2 aromatic rings. The summed E-state index contributed by atoms with van der Waals surface area (Å²) in [5, 5.41) is 0. The van der Waals surface area contributed by atoms with E-state index in [0.29, 0.717) is 5.56 Å². The summed E-state index contributed by atoms with van der Waals surface area (Å²) < 4.78 is 13.9. The second-order valence-corrected chi connectivity index (χ2v) is 4.36. The molecule has 94 valence electrons. The Kier molecular flexibility index (Phi) is 3.63. The van der Waals surface area contributed by atoms with Crippen molar-refractivity contribution >= 4 is 11.4 Å². The standard InChI is InChI=1S/C15H17FN2/c1-11(17)15-13(16)9-6-10-14(15)18(2)12-7-4-3-5-8-12/h3-11H,17H2,1-2H3/t11-/m1/s1. The lowest BCUT2D eigenvalue weighted by atomic mass is 10.0. The molecule has 0 spiro atoms. The van der Waals surface area contributed by atoms with Crippen molar-refractivity contribution in [3.05, 3.63) is 59.9 Å². The molecule has 2 nitrogen and oxygen atoms in total. The van der Waals surface area contributed by atoms with Crippen LogP contribution in [0.3, 0.4) is 0 Å². The summed E-state index contributed by atoms with van der Waals surface area (Å²) in [5.74, 6) is -0.259. The molecule has 2 rings (SSSR count). The fourth-order valence-electron chi connectivity index (χ4n) is 2.06. The molecule has 0 aliphatic heterocycles. The zero-order chi connectivity index (χ0) is 13.1. The Labute approximate surface area is 107 Å². The minimum Gasteiger partial charge on any atom is -0.344 e. The van der Waals surface area contributed by atoms with E-state index in [2.05, 4.69) is 0 Å². The predicted molar refractivity (Wildman–Crippen MR) is 73.5 cm³/mol. The zero-order valence-corrected chi connectivity index (χ0v) is 10.6. The maximum absolute atomic E-state index is 13.9. The first kappa shape index (κ1) is 12.6. The minimum absolute atomic E-state index is 0.259. The third-order valence-corrected chi connectivity index (χ3v) is 2.99. The predicted octanol–water partition coefficient (Wildman–Crippen LogP) is 3.61. The summed E-state index contributed by atoms with van der Waals surface area (Å²) in [6.45, 7) is 1.79. The minimum atomic E-state index is -0.340. The second kappa shape index (κ2) is 5.19. The Hall–Kier alpha value is -1.87. The van der Waals surface area contributed by atoms with E-state index in [1.165, 1.54) is 6.07 Å². The summed E-state index contributed by atoms with van der Waals surface area (Å²) in [6.07, 6.45) is 0. The molecule has 1 atom stereocenters. The van der Waals surface area contributed by atoms with Gasteiger partial charge in [-0.2, -0.15) is 0 Å². The van der Waals surface area contributed by atoms with Crippen LogP contribution < -0.4 is 10.6 Å². The summed E-state index contributed by atoms with van der Waals surface area (Å²) in [7, 11) is 1.91. The Morgan fingerprint density at radius 1 is 1.06 bits per heavy atom. The number of hydrogen-bond donors (Lipinski definition) is 1. The van der Waals surface area contributed by atoms with Crippen molar-refractivity contribution in [3.63, 3.8) is 0 Å². The molecule has 0 bridgehead atoms. The molecule has 0 radical (unpaired) electrons. The van der Waals surface area contributed by atoms with E-state index in [1.54, 1.807) is 13.0 Å². The van der Waals surface area contributed by atoms with Crippen molar-refractivity contribution < 1.29 is 4.39 Å². The van der Waals surface area contributed by atoms with E-state index in [1.807, 2.05) is 48.3 Å². The van der Waals surface area contributed by atoms with Gasteiger partial charge in [0.15, 0.2) is 0 Å². The van der Waals surface area contributed by atoms with Crippen molar-refractivity contribution in [1.82, 2.24) is 0 Å². The Morgan fingerprint density at radius 2 is 1.72 bits per heavy atom. The van der Waals surface area contributed by atoms with E-state index < -0.39 is 0 Å². The molecule has 0 aliphatic rings. The molecule has 0 amide bonds. The SMILES string of the molecule is C[C@@H](N)c1c(F)cccc1N(C)c1ccccc1. The maximum Gasteiger partial charge on any atom is 0.130 e. The molecule has 0 aromatic heterocycles. The number of hydrogen-bond acceptors (Lipinski definition) is 2. The van der Waals surface area contributed by atoms with Crippen LogP contribution in [0.4, 0.5) is 15.8 Å². The van der Waals surface area contributed by atoms with Crippen molar-refractivity contribution in [2.24, 2.45) is 5.73 Å². The van der Waals surface area contributed by atoms with Crippen LogP contribution in [0, 0.1) is 5.82 Å². The zero-order valence-electron chi connectivity index (χ0n) is 10.6. The van der Waals surface area contributed by atoms with Crippen molar-refractivity contribution in [2.75, 3.05) is 11.9 Å². The Balaban J connectivity index is 2.48. The van der Waals surface area contributed by atoms with Crippen LogP contribution in [-0.2, 0) is 0 Å². The largest absolute Gasteiger partial charge is 0.344 e. The highest BCUT2D eigenvalue weighted by atomic mass is 19.1. The van der Waals surface area contributed by atoms with Gasteiger partial charge in [0, 0.05) is 30.0 Å². The number of nitrogens with zero attached hydrogens (tertiary/aromatic N) is 1. The van der Waals surface area contributed by atoms with Crippen LogP contribution >= 0.6 is 0 Å². The molecule has 0 fully saturated rings. The summed E-state index contributed by atoms with van der Waals surface area (Å²) in [6, 6.07) is 14.5. The Morgan fingerprint density at radius 3 is 2.33 bits per heavy atom. The number of benzene rings is 2. The van der Waals surface area contributed by atoms with Gasteiger partial charge in [0.2, 0.25) is 0 Å². The molecule has 3 heteroatoms. The highest BCUT2D eigenvalue weighted by Gasteiger charge is 2.15. The van der Waals surface area contributed by atoms with Gasteiger partial charge in [0.05, 0.1) is 0 Å². The first-order valence-electron chi connectivity index (χ1n) is 5.94. The lowest BCUT2D eigenvalue weighted by Gasteiger charge is -2.24. The first-order valence-corrected chi connectivity index (χ1v) is 5.94. The van der Waals surface area contributed by atoms with Gasteiger partial charge >= 0.3 is 0 Å². The second-order valence-electron chi connectivity index (χ2n) is 4.36.